The third-order valence-electron chi connectivity index (χ3n) is 2.61. The van der Waals surface area contributed by atoms with Gasteiger partial charge < -0.3 is 4.90 Å². The van der Waals surface area contributed by atoms with Crippen LogP contribution in [0.4, 0.5) is 0 Å². The van der Waals surface area contributed by atoms with Crippen LogP contribution in [0.15, 0.2) is 18.2 Å². The van der Waals surface area contributed by atoms with Crippen molar-refractivity contribution in [2.75, 3.05) is 14.1 Å². The molecule has 0 saturated carbocycles. The Balaban J connectivity index is 2.31. The minimum atomic E-state index is 0.0354. The zero-order valence-corrected chi connectivity index (χ0v) is 9.03. The largest absolute Gasteiger partial charge is 0.345 e. The van der Waals surface area contributed by atoms with Crippen LogP contribution in [0.5, 0.6) is 0 Å². The standard InChI is InChI=1S/C11H15N3O/c1-13(2)11(15)8-3-4-9-6-14(12)7-10(9)5-8/h3-5H,6-7,12H2,1-2H3. The number of benzene rings is 1. The highest BCUT2D eigenvalue weighted by Crippen LogP contribution is 2.21. The van der Waals surface area contributed by atoms with Gasteiger partial charge in [0.15, 0.2) is 0 Å². The van der Waals surface area contributed by atoms with Crippen molar-refractivity contribution in [3.8, 4) is 0 Å². The molecule has 0 radical (unpaired) electrons. The van der Waals surface area contributed by atoms with Crippen molar-refractivity contribution in [2.24, 2.45) is 5.84 Å². The summed E-state index contributed by atoms with van der Waals surface area (Å²) in [7, 11) is 3.51. The lowest BCUT2D eigenvalue weighted by molar-refractivity contribution is 0.0827. The summed E-state index contributed by atoms with van der Waals surface area (Å²) in [5.74, 6) is 5.74. The summed E-state index contributed by atoms with van der Waals surface area (Å²) in [5, 5.41) is 1.74. The third kappa shape index (κ3) is 1.86. The lowest BCUT2D eigenvalue weighted by Gasteiger charge is -2.10. The Hall–Kier alpha value is -1.39. The number of hydrogen-bond acceptors (Lipinski definition) is 3. The van der Waals surface area contributed by atoms with E-state index in [0.717, 1.165) is 24.2 Å². The molecule has 0 aromatic heterocycles. The summed E-state index contributed by atoms with van der Waals surface area (Å²) in [6.07, 6.45) is 0. The fraction of sp³-hybridized carbons (Fsp3) is 0.364. The number of hydrogen-bond donors (Lipinski definition) is 1. The molecule has 2 rings (SSSR count). The second kappa shape index (κ2) is 3.64. The summed E-state index contributed by atoms with van der Waals surface area (Å²) in [4.78, 5) is 13.3. The third-order valence-corrected chi connectivity index (χ3v) is 2.61. The van der Waals surface area contributed by atoms with E-state index in [9.17, 15) is 4.79 Å². The van der Waals surface area contributed by atoms with Gasteiger partial charge in [0.2, 0.25) is 0 Å². The van der Waals surface area contributed by atoms with Gasteiger partial charge >= 0.3 is 0 Å². The Kier molecular flexibility index (Phi) is 2.46. The van der Waals surface area contributed by atoms with E-state index in [4.69, 9.17) is 5.84 Å². The van der Waals surface area contributed by atoms with Gasteiger partial charge in [0, 0.05) is 32.7 Å². The molecule has 1 aromatic rings. The van der Waals surface area contributed by atoms with Gasteiger partial charge in [-0.3, -0.25) is 10.6 Å². The normalized spacial score (nSPS) is 15.1. The molecule has 1 aliphatic heterocycles. The minimum Gasteiger partial charge on any atom is -0.345 e. The van der Waals surface area contributed by atoms with Gasteiger partial charge in [0.05, 0.1) is 0 Å². The Morgan fingerprint density at radius 3 is 2.67 bits per heavy atom. The Morgan fingerprint density at radius 2 is 2.00 bits per heavy atom. The molecule has 15 heavy (non-hydrogen) atoms. The maximum absolute atomic E-state index is 11.7. The molecule has 0 spiro atoms. The molecule has 0 bridgehead atoms. The van der Waals surface area contributed by atoms with E-state index in [1.165, 1.54) is 5.56 Å². The van der Waals surface area contributed by atoms with Crippen molar-refractivity contribution in [1.29, 1.82) is 0 Å². The molecular weight excluding hydrogens is 190 g/mol. The minimum absolute atomic E-state index is 0.0354. The fourth-order valence-electron chi connectivity index (χ4n) is 1.81. The molecule has 0 atom stereocenters. The second-order valence-electron chi connectivity index (χ2n) is 4.09. The predicted octanol–water partition coefficient (Wildman–Crippen LogP) is 0.578. The molecule has 0 aliphatic carbocycles. The SMILES string of the molecule is CN(C)C(=O)c1ccc2c(c1)CN(N)C2. The highest BCUT2D eigenvalue weighted by Gasteiger charge is 2.18. The van der Waals surface area contributed by atoms with E-state index >= 15 is 0 Å². The average Bonchev–Trinajstić information content (AvgIpc) is 2.55. The molecule has 2 N–H and O–H groups in total. The number of nitrogens with zero attached hydrogens (tertiary/aromatic N) is 2. The van der Waals surface area contributed by atoms with E-state index < -0.39 is 0 Å². The van der Waals surface area contributed by atoms with Gasteiger partial charge in [0.25, 0.3) is 5.91 Å². The molecule has 80 valence electrons. The fourth-order valence-corrected chi connectivity index (χ4v) is 1.81. The number of hydrazine groups is 1. The molecular formula is C11H15N3O. The Morgan fingerprint density at radius 1 is 1.33 bits per heavy atom. The maximum Gasteiger partial charge on any atom is 0.253 e. The second-order valence-corrected chi connectivity index (χ2v) is 4.09. The zero-order valence-electron chi connectivity index (χ0n) is 9.03. The first kappa shape index (κ1) is 10.1. The summed E-state index contributed by atoms with van der Waals surface area (Å²) >= 11 is 0. The summed E-state index contributed by atoms with van der Waals surface area (Å²) < 4.78 is 0. The topological polar surface area (TPSA) is 49.6 Å². The van der Waals surface area contributed by atoms with Crippen LogP contribution in [0.1, 0.15) is 21.5 Å². The molecule has 0 unspecified atom stereocenters. The predicted molar refractivity (Wildman–Crippen MR) is 57.9 cm³/mol. The van der Waals surface area contributed by atoms with Gasteiger partial charge in [-0.2, -0.15) is 0 Å². The molecule has 1 aliphatic rings. The van der Waals surface area contributed by atoms with Gasteiger partial charge in [-0.25, -0.2) is 5.01 Å². The zero-order chi connectivity index (χ0) is 11.0. The van der Waals surface area contributed by atoms with Crippen LogP contribution in [0.2, 0.25) is 0 Å². The van der Waals surface area contributed by atoms with E-state index in [2.05, 4.69) is 0 Å². The summed E-state index contributed by atoms with van der Waals surface area (Å²) in [6, 6.07) is 5.78. The average molecular weight is 205 g/mol. The first-order valence-corrected chi connectivity index (χ1v) is 4.91. The highest BCUT2D eigenvalue weighted by molar-refractivity contribution is 5.94. The van der Waals surface area contributed by atoms with Crippen LogP contribution in [0.3, 0.4) is 0 Å². The van der Waals surface area contributed by atoms with Crippen molar-refractivity contribution >= 4 is 5.91 Å². The van der Waals surface area contributed by atoms with Gasteiger partial charge in [-0.1, -0.05) is 6.07 Å². The van der Waals surface area contributed by atoms with E-state index in [0.29, 0.717) is 0 Å². The molecule has 0 fully saturated rings. The lowest BCUT2D eigenvalue weighted by atomic mass is 10.1. The van der Waals surface area contributed by atoms with Gasteiger partial charge in [-0.05, 0) is 23.3 Å². The first-order valence-electron chi connectivity index (χ1n) is 4.91. The first-order chi connectivity index (χ1) is 7.08. The van der Waals surface area contributed by atoms with Gasteiger partial charge in [-0.15, -0.1) is 0 Å². The summed E-state index contributed by atoms with van der Waals surface area (Å²) in [5.41, 5.74) is 3.10. The molecule has 0 saturated heterocycles. The Bertz CT molecular complexity index is 401. The van der Waals surface area contributed by atoms with E-state index in [1.54, 1.807) is 24.0 Å². The molecule has 4 nitrogen and oxygen atoms in total. The molecule has 1 heterocycles. The number of fused-ring (bicyclic) bond motifs is 1. The Labute approximate surface area is 89.2 Å². The number of amides is 1. The van der Waals surface area contributed by atoms with Crippen LogP contribution in [0, 0.1) is 0 Å². The number of carbonyl (C=O) groups excluding carboxylic acids is 1. The number of nitrogens with two attached hydrogens (primary N) is 1. The highest BCUT2D eigenvalue weighted by atomic mass is 16.2. The molecule has 1 amide bonds. The van der Waals surface area contributed by atoms with Crippen molar-refractivity contribution < 1.29 is 4.79 Å². The number of rotatable bonds is 1. The van der Waals surface area contributed by atoms with Crippen LogP contribution >= 0.6 is 0 Å². The lowest BCUT2D eigenvalue weighted by Crippen LogP contribution is -2.23. The van der Waals surface area contributed by atoms with E-state index in [1.807, 2.05) is 18.2 Å². The monoisotopic (exact) mass is 205 g/mol. The van der Waals surface area contributed by atoms with Gasteiger partial charge in [0.1, 0.15) is 0 Å². The molecule has 1 aromatic carbocycles. The maximum atomic E-state index is 11.7. The van der Waals surface area contributed by atoms with E-state index in [-0.39, 0.29) is 5.91 Å². The van der Waals surface area contributed by atoms with Crippen LogP contribution in [-0.4, -0.2) is 29.9 Å². The van der Waals surface area contributed by atoms with Crippen LogP contribution < -0.4 is 5.84 Å². The van der Waals surface area contributed by atoms with Crippen LogP contribution in [-0.2, 0) is 13.1 Å². The van der Waals surface area contributed by atoms with Crippen LogP contribution in [0.25, 0.3) is 0 Å². The summed E-state index contributed by atoms with van der Waals surface area (Å²) in [6.45, 7) is 1.50. The smallest absolute Gasteiger partial charge is 0.253 e. The quantitative estimate of drug-likeness (QED) is 0.682. The van der Waals surface area contributed by atoms with Crippen molar-refractivity contribution in [3.63, 3.8) is 0 Å². The van der Waals surface area contributed by atoms with Crippen molar-refractivity contribution in [3.05, 3.63) is 34.9 Å². The van der Waals surface area contributed by atoms with Crippen molar-refractivity contribution in [1.82, 2.24) is 9.91 Å². The molecule has 4 heteroatoms. The number of carbonyl (C=O) groups is 1. The van der Waals surface area contributed by atoms with Crippen molar-refractivity contribution in [2.45, 2.75) is 13.1 Å².